The minimum Gasteiger partial charge on any atom is -0.478 e. The molecule has 0 aromatic carbocycles. The summed E-state index contributed by atoms with van der Waals surface area (Å²) in [7, 11) is -3.05. The molecule has 0 aliphatic rings. The van der Waals surface area contributed by atoms with Gasteiger partial charge in [-0.05, 0) is 22.5 Å². The van der Waals surface area contributed by atoms with Gasteiger partial charge < -0.3 is 5.11 Å². The van der Waals surface area contributed by atoms with Crippen LogP contribution in [0.25, 0.3) is 0 Å². The highest BCUT2D eigenvalue weighted by atomic mass is 35.5. The molecule has 0 saturated heterocycles. The fourth-order valence-corrected chi connectivity index (χ4v) is 7.08. The van der Waals surface area contributed by atoms with Gasteiger partial charge in [0.05, 0.1) is 21.7 Å². The van der Waals surface area contributed by atoms with E-state index in [1.807, 2.05) is 6.07 Å². The number of carbonyl (C=O) groups excluding carboxylic acids is 2. The SMILES string of the molecule is C[Si](C)(C)c1cc(C(=O)O)c(Cl)nc1Cl.C[Si](C)(C)c1ccc(Cl)nc1Cl.O=C=O. The van der Waals surface area contributed by atoms with Crippen molar-refractivity contribution in [3.63, 3.8) is 0 Å². The molecule has 0 saturated carbocycles. The molecular formula is C18H22Cl4N2O4Si2. The molecule has 2 rings (SSSR count). The van der Waals surface area contributed by atoms with E-state index < -0.39 is 22.1 Å². The van der Waals surface area contributed by atoms with Gasteiger partial charge in [-0.3, -0.25) is 0 Å². The van der Waals surface area contributed by atoms with E-state index in [9.17, 15) is 4.79 Å². The summed E-state index contributed by atoms with van der Waals surface area (Å²) in [6.07, 6.45) is 0.250. The Morgan fingerprint density at radius 1 is 0.833 bits per heavy atom. The van der Waals surface area contributed by atoms with E-state index in [2.05, 4.69) is 49.3 Å². The second-order valence-electron chi connectivity index (χ2n) is 8.03. The van der Waals surface area contributed by atoms with E-state index in [4.69, 9.17) is 61.1 Å². The molecule has 6 nitrogen and oxygen atoms in total. The van der Waals surface area contributed by atoms with Gasteiger partial charge in [0.2, 0.25) is 0 Å². The third kappa shape index (κ3) is 9.26. The maximum atomic E-state index is 10.9. The zero-order valence-electron chi connectivity index (χ0n) is 17.3. The molecule has 164 valence electrons. The van der Waals surface area contributed by atoms with Crippen LogP contribution in [-0.2, 0) is 9.59 Å². The lowest BCUT2D eigenvalue weighted by Gasteiger charge is -2.18. The van der Waals surface area contributed by atoms with Crippen LogP contribution in [0, 0.1) is 0 Å². The largest absolute Gasteiger partial charge is 0.478 e. The lowest BCUT2D eigenvalue weighted by Crippen LogP contribution is -2.39. The summed E-state index contributed by atoms with van der Waals surface area (Å²) in [5.41, 5.74) is 0.0125. The first-order valence-corrected chi connectivity index (χ1v) is 17.0. The van der Waals surface area contributed by atoms with Gasteiger partial charge in [-0.2, -0.15) is 9.59 Å². The fourth-order valence-electron chi connectivity index (χ4n) is 2.12. The normalized spacial score (nSPS) is 10.7. The van der Waals surface area contributed by atoms with Crippen LogP contribution in [-0.4, -0.2) is 43.3 Å². The Bertz CT molecular complexity index is 939. The number of carboxylic acids is 1. The molecular weight excluding hydrogens is 506 g/mol. The Labute approximate surface area is 197 Å². The first-order valence-electron chi connectivity index (χ1n) is 8.47. The van der Waals surface area contributed by atoms with E-state index in [1.54, 1.807) is 6.07 Å². The van der Waals surface area contributed by atoms with Gasteiger partial charge >= 0.3 is 12.1 Å². The molecule has 0 fully saturated rings. The van der Waals surface area contributed by atoms with E-state index in [0.717, 1.165) is 10.4 Å². The number of aromatic carboxylic acids is 1. The van der Waals surface area contributed by atoms with Crippen LogP contribution in [0.2, 0.25) is 59.9 Å². The van der Waals surface area contributed by atoms with E-state index in [-0.39, 0.29) is 16.9 Å². The number of aromatic nitrogens is 2. The molecule has 0 aliphatic heterocycles. The van der Waals surface area contributed by atoms with Gasteiger partial charge in [0.1, 0.15) is 20.6 Å². The van der Waals surface area contributed by atoms with Crippen LogP contribution in [0.5, 0.6) is 0 Å². The molecule has 2 aromatic rings. The quantitative estimate of drug-likeness (QED) is 0.446. The number of hydrogen-bond donors (Lipinski definition) is 1. The first kappa shape index (κ1) is 28.7. The predicted octanol–water partition coefficient (Wildman–Crippen LogP) is 4.98. The first-order chi connectivity index (χ1) is 13.6. The number of carboxylic acid groups (broad SMARTS) is 1. The van der Waals surface area contributed by atoms with Crippen LogP contribution in [0.3, 0.4) is 0 Å². The standard InChI is InChI=1S/C9H11Cl2NO2Si.C8H11Cl2NSi.CO2/c1-15(2,3)6-4-5(9(13)14)7(10)12-8(6)11;1-12(2,3)6-4-5-7(9)11-8(6)10;2-1-3/h4H,1-3H3,(H,13,14);4-5H,1-3H3;. The minimum absolute atomic E-state index is 0.0125. The van der Waals surface area contributed by atoms with Crippen molar-refractivity contribution in [1.29, 1.82) is 0 Å². The molecule has 2 aromatic heterocycles. The highest BCUT2D eigenvalue weighted by molar-refractivity contribution is 6.90. The smallest absolute Gasteiger partial charge is 0.373 e. The Kier molecular flexibility index (Phi) is 11.5. The van der Waals surface area contributed by atoms with Crippen LogP contribution >= 0.6 is 46.4 Å². The summed E-state index contributed by atoms with van der Waals surface area (Å²) in [5.74, 6) is -1.08. The molecule has 12 heteroatoms. The Balaban J connectivity index is 0.000000505. The molecule has 0 unspecified atom stereocenters. The van der Waals surface area contributed by atoms with Crippen LogP contribution in [0.1, 0.15) is 10.4 Å². The molecule has 0 amide bonds. The Hall–Kier alpha value is -1.26. The second-order valence-corrected chi connectivity index (χ2v) is 19.6. The number of pyridine rings is 2. The number of carbonyl (C=O) groups is 1. The second kappa shape index (κ2) is 12.0. The topological polar surface area (TPSA) is 97.2 Å². The van der Waals surface area contributed by atoms with Gasteiger partial charge in [0.15, 0.2) is 0 Å². The maximum Gasteiger partial charge on any atom is 0.373 e. The van der Waals surface area contributed by atoms with Crippen LogP contribution in [0.15, 0.2) is 18.2 Å². The van der Waals surface area contributed by atoms with Gasteiger partial charge in [0, 0.05) is 0 Å². The summed E-state index contributed by atoms with van der Waals surface area (Å²) < 4.78 is 0. The number of nitrogens with zero attached hydrogens (tertiary/aromatic N) is 2. The molecule has 0 spiro atoms. The van der Waals surface area contributed by atoms with Crippen molar-refractivity contribution in [2.24, 2.45) is 0 Å². The van der Waals surface area contributed by atoms with Crippen molar-refractivity contribution in [2.75, 3.05) is 0 Å². The summed E-state index contributed by atoms with van der Waals surface area (Å²) >= 11 is 23.3. The lowest BCUT2D eigenvalue weighted by molar-refractivity contribution is -0.191. The average molecular weight is 528 g/mol. The van der Waals surface area contributed by atoms with Crippen LogP contribution < -0.4 is 10.4 Å². The van der Waals surface area contributed by atoms with Crippen molar-refractivity contribution in [3.05, 3.63) is 44.4 Å². The van der Waals surface area contributed by atoms with E-state index >= 15 is 0 Å². The Morgan fingerprint density at radius 3 is 1.63 bits per heavy atom. The van der Waals surface area contributed by atoms with Gasteiger partial charge in [0.25, 0.3) is 0 Å². The van der Waals surface area contributed by atoms with Crippen molar-refractivity contribution in [3.8, 4) is 0 Å². The summed E-state index contributed by atoms with van der Waals surface area (Å²) in [5, 5.41) is 12.1. The number of hydrogen-bond acceptors (Lipinski definition) is 5. The number of rotatable bonds is 3. The molecule has 2 heterocycles. The van der Waals surface area contributed by atoms with Gasteiger partial charge in [-0.25, -0.2) is 14.8 Å². The summed E-state index contributed by atoms with van der Waals surface area (Å²) in [4.78, 5) is 35.0. The van der Waals surface area contributed by atoms with Gasteiger partial charge in [-0.1, -0.05) is 91.8 Å². The highest BCUT2D eigenvalue weighted by Crippen LogP contribution is 2.18. The lowest BCUT2D eigenvalue weighted by atomic mass is 10.3. The zero-order valence-corrected chi connectivity index (χ0v) is 22.3. The van der Waals surface area contributed by atoms with Crippen molar-refractivity contribution in [1.82, 2.24) is 9.97 Å². The van der Waals surface area contributed by atoms with Crippen molar-refractivity contribution >= 4 is 85.0 Å². The third-order valence-corrected chi connectivity index (χ3v) is 9.00. The zero-order chi connectivity index (χ0) is 23.9. The van der Waals surface area contributed by atoms with Crippen molar-refractivity contribution < 1.29 is 19.5 Å². The van der Waals surface area contributed by atoms with E-state index in [0.29, 0.717) is 15.5 Å². The average Bonchev–Trinajstić information content (AvgIpc) is 2.53. The maximum absolute atomic E-state index is 10.9. The molecule has 0 atom stereocenters. The molecule has 0 aliphatic carbocycles. The third-order valence-electron chi connectivity index (χ3n) is 3.59. The molecule has 30 heavy (non-hydrogen) atoms. The molecule has 1 N–H and O–H groups in total. The summed E-state index contributed by atoms with van der Waals surface area (Å²) in [6.45, 7) is 12.9. The monoisotopic (exact) mass is 526 g/mol. The van der Waals surface area contributed by atoms with Crippen LogP contribution in [0.4, 0.5) is 0 Å². The highest BCUT2D eigenvalue weighted by Gasteiger charge is 2.24. The fraction of sp³-hybridized carbons (Fsp3) is 0.333. The Morgan fingerprint density at radius 2 is 1.27 bits per heavy atom. The van der Waals surface area contributed by atoms with Gasteiger partial charge in [-0.15, -0.1) is 0 Å². The summed E-state index contributed by atoms with van der Waals surface area (Å²) in [6, 6.07) is 5.30. The van der Waals surface area contributed by atoms with E-state index in [1.165, 1.54) is 6.07 Å². The predicted molar refractivity (Wildman–Crippen MR) is 126 cm³/mol. The molecule has 0 radical (unpaired) electrons. The van der Waals surface area contributed by atoms with Crippen molar-refractivity contribution in [2.45, 2.75) is 39.3 Å². The number of halogens is 4. The minimum atomic E-state index is -1.69. The molecule has 0 bridgehead atoms.